The van der Waals surface area contributed by atoms with Crippen LogP contribution in [0.1, 0.15) is 26.0 Å². The van der Waals surface area contributed by atoms with E-state index in [0.717, 1.165) is 5.69 Å². The van der Waals surface area contributed by atoms with Gasteiger partial charge in [0.15, 0.2) is 0 Å². The lowest BCUT2D eigenvalue weighted by Gasteiger charge is -2.18. The topological polar surface area (TPSA) is 67.2 Å². The Labute approximate surface area is 119 Å². The maximum atomic E-state index is 12.2. The fraction of sp³-hybridized carbons (Fsp3) is 0.643. The number of likely N-dealkylation sites (tertiary alicyclic amines) is 1. The quantitative estimate of drug-likeness (QED) is 0.899. The summed E-state index contributed by atoms with van der Waals surface area (Å²) in [6.45, 7) is 7.24. The number of carbonyl (C=O) groups is 2. The Morgan fingerprint density at radius 1 is 1.55 bits per heavy atom. The van der Waals surface area contributed by atoms with Crippen molar-refractivity contribution in [1.29, 1.82) is 0 Å². The first-order chi connectivity index (χ1) is 9.36. The first-order valence-corrected chi connectivity index (χ1v) is 6.96. The van der Waals surface area contributed by atoms with E-state index in [4.69, 9.17) is 0 Å². The van der Waals surface area contributed by atoms with E-state index in [0.29, 0.717) is 31.2 Å². The van der Waals surface area contributed by atoms with Gasteiger partial charge in [0.2, 0.25) is 11.8 Å². The minimum absolute atomic E-state index is 0.0695. The Bertz CT molecular complexity index is 521. The third-order valence-electron chi connectivity index (χ3n) is 3.42. The van der Waals surface area contributed by atoms with Crippen LogP contribution >= 0.6 is 0 Å². The number of anilines is 1. The van der Waals surface area contributed by atoms with Crippen molar-refractivity contribution in [2.45, 2.75) is 27.2 Å². The summed E-state index contributed by atoms with van der Waals surface area (Å²) in [5.74, 6) is 0.784. The summed E-state index contributed by atoms with van der Waals surface area (Å²) in [5.41, 5.74) is 0.853. The van der Waals surface area contributed by atoms with Crippen LogP contribution in [0, 0.1) is 18.8 Å². The van der Waals surface area contributed by atoms with Gasteiger partial charge in [0.05, 0.1) is 11.6 Å². The molecule has 1 saturated heterocycles. The number of hydrogen-bond acceptors (Lipinski definition) is 3. The zero-order valence-electron chi connectivity index (χ0n) is 12.5. The lowest BCUT2D eigenvalue weighted by atomic mass is 10.1. The van der Waals surface area contributed by atoms with Gasteiger partial charge >= 0.3 is 0 Å². The first kappa shape index (κ1) is 14.6. The molecule has 0 aromatic carbocycles. The molecule has 1 aromatic heterocycles. The number of aromatic nitrogens is 2. The molecular weight excluding hydrogens is 256 g/mol. The van der Waals surface area contributed by atoms with Gasteiger partial charge in [-0.3, -0.25) is 14.3 Å². The Morgan fingerprint density at radius 2 is 2.25 bits per heavy atom. The van der Waals surface area contributed by atoms with Crippen molar-refractivity contribution in [3.8, 4) is 0 Å². The monoisotopic (exact) mass is 278 g/mol. The molecule has 0 aliphatic carbocycles. The Balaban J connectivity index is 1.97. The van der Waals surface area contributed by atoms with Crippen LogP contribution in [-0.2, 0) is 16.6 Å². The average Bonchev–Trinajstić information content (AvgIpc) is 2.83. The summed E-state index contributed by atoms with van der Waals surface area (Å²) in [6, 6.07) is 1.82. The summed E-state index contributed by atoms with van der Waals surface area (Å²) < 4.78 is 1.63. The molecule has 0 spiro atoms. The SMILES string of the molecule is Cc1cc(NC(=O)C2CC(=O)N(CC(C)C)C2)n(C)n1. The standard InChI is InChI=1S/C14H22N4O2/c1-9(2)7-18-8-11(6-13(18)19)14(20)15-12-5-10(3)16-17(12)4/h5,9,11H,6-8H2,1-4H3,(H,15,20). The fourth-order valence-corrected chi connectivity index (χ4v) is 2.52. The number of aryl methyl sites for hydroxylation is 2. The molecule has 1 fully saturated rings. The van der Waals surface area contributed by atoms with Crippen molar-refractivity contribution in [3.63, 3.8) is 0 Å². The molecule has 1 aromatic rings. The molecule has 6 heteroatoms. The molecule has 1 unspecified atom stereocenters. The van der Waals surface area contributed by atoms with Gasteiger partial charge in [-0.15, -0.1) is 0 Å². The molecule has 110 valence electrons. The van der Waals surface area contributed by atoms with E-state index >= 15 is 0 Å². The number of nitrogens with zero attached hydrogens (tertiary/aromatic N) is 3. The van der Waals surface area contributed by atoms with E-state index in [1.165, 1.54) is 0 Å². The highest BCUT2D eigenvalue weighted by Crippen LogP contribution is 2.21. The van der Waals surface area contributed by atoms with Crippen molar-refractivity contribution in [1.82, 2.24) is 14.7 Å². The van der Waals surface area contributed by atoms with Crippen molar-refractivity contribution < 1.29 is 9.59 Å². The van der Waals surface area contributed by atoms with Gasteiger partial charge in [0.25, 0.3) is 0 Å². The minimum atomic E-state index is -0.267. The van der Waals surface area contributed by atoms with Gasteiger partial charge in [-0.25, -0.2) is 0 Å². The van der Waals surface area contributed by atoms with Crippen LogP contribution in [0.15, 0.2) is 6.07 Å². The predicted octanol–water partition coefficient (Wildman–Crippen LogP) is 1.17. The van der Waals surface area contributed by atoms with E-state index in [1.807, 2.05) is 13.0 Å². The van der Waals surface area contributed by atoms with Crippen molar-refractivity contribution >= 4 is 17.6 Å². The third-order valence-corrected chi connectivity index (χ3v) is 3.42. The van der Waals surface area contributed by atoms with Crippen LogP contribution in [0.4, 0.5) is 5.82 Å². The minimum Gasteiger partial charge on any atom is -0.342 e. The number of nitrogens with one attached hydrogen (secondary N) is 1. The van der Waals surface area contributed by atoms with Gasteiger partial charge in [-0.05, 0) is 12.8 Å². The second-order valence-corrected chi connectivity index (χ2v) is 5.88. The molecule has 0 radical (unpaired) electrons. The molecule has 2 amide bonds. The van der Waals surface area contributed by atoms with E-state index in [2.05, 4.69) is 24.3 Å². The van der Waals surface area contributed by atoms with Crippen LogP contribution in [0.5, 0.6) is 0 Å². The van der Waals surface area contributed by atoms with Gasteiger partial charge in [0.1, 0.15) is 5.82 Å². The van der Waals surface area contributed by atoms with E-state index in [-0.39, 0.29) is 17.7 Å². The molecule has 0 saturated carbocycles. The van der Waals surface area contributed by atoms with Gasteiger partial charge in [0, 0.05) is 32.6 Å². The summed E-state index contributed by atoms with van der Waals surface area (Å²) >= 11 is 0. The zero-order valence-corrected chi connectivity index (χ0v) is 12.5. The van der Waals surface area contributed by atoms with Crippen LogP contribution < -0.4 is 5.32 Å². The normalized spacial score (nSPS) is 18.9. The van der Waals surface area contributed by atoms with Crippen LogP contribution in [0.25, 0.3) is 0 Å². The number of carbonyl (C=O) groups excluding carboxylic acids is 2. The number of hydrogen-bond donors (Lipinski definition) is 1. The molecule has 1 N–H and O–H groups in total. The molecular formula is C14H22N4O2. The molecule has 2 rings (SSSR count). The molecule has 2 heterocycles. The molecule has 0 bridgehead atoms. The summed E-state index contributed by atoms with van der Waals surface area (Å²) in [4.78, 5) is 25.9. The smallest absolute Gasteiger partial charge is 0.230 e. The van der Waals surface area contributed by atoms with E-state index < -0.39 is 0 Å². The molecule has 1 aliphatic rings. The van der Waals surface area contributed by atoms with Crippen LogP contribution in [0.2, 0.25) is 0 Å². The number of amides is 2. The van der Waals surface area contributed by atoms with Crippen LogP contribution in [-0.4, -0.2) is 39.6 Å². The fourth-order valence-electron chi connectivity index (χ4n) is 2.52. The molecule has 20 heavy (non-hydrogen) atoms. The predicted molar refractivity (Wildman–Crippen MR) is 76.1 cm³/mol. The Hall–Kier alpha value is -1.85. The van der Waals surface area contributed by atoms with Crippen molar-refractivity contribution in [2.75, 3.05) is 18.4 Å². The Kier molecular flexibility index (Phi) is 4.11. The summed E-state index contributed by atoms with van der Waals surface area (Å²) in [7, 11) is 1.79. The van der Waals surface area contributed by atoms with Crippen LogP contribution in [0.3, 0.4) is 0 Å². The number of rotatable bonds is 4. The maximum absolute atomic E-state index is 12.2. The van der Waals surface area contributed by atoms with Gasteiger partial charge in [-0.2, -0.15) is 5.10 Å². The highest BCUT2D eigenvalue weighted by molar-refractivity contribution is 5.96. The lowest BCUT2D eigenvalue weighted by Crippen LogP contribution is -2.31. The highest BCUT2D eigenvalue weighted by Gasteiger charge is 2.34. The highest BCUT2D eigenvalue weighted by atomic mass is 16.2. The molecule has 6 nitrogen and oxygen atoms in total. The summed E-state index contributed by atoms with van der Waals surface area (Å²) in [6.07, 6.45) is 0.301. The lowest BCUT2D eigenvalue weighted by molar-refractivity contribution is -0.128. The van der Waals surface area contributed by atoms with Gasteiger partial charge < -0.3 is 10.2 Å². The third kappa shape index (κ3) is 3.18. The Morgan fingerprint density at radius 3 is 2.80 bits per heavy atom. The second-order valence-electron chi connectivity index (χ2n) is 5.88. The molecule has 1 aliphatic heterocycles. The van der Waals surface area contributed by atoms with E-state index in [9.17, 15) is 9.59 Å². The van der Waals surface area contributed by atoms with Crippen molar-refractivity contribution in [3.05, 3.63) is 11.8 Å². The average molecular weight is 278 g/mol. The maximum Gasteiger partial charge on any atom is 0.230 e. The van der Waals surface area contributed by atoms with Crippen molar-refractivity contribution in [2.24, 2.45) is 18.9 Å². The summed E-state index contributed by atoms with van der Waals surface area (Å²) in [5, 5.41) is 7.03. The largest absolute Gasteiger partial charge is 0.342 e. The second kappa shape index (κ2) is 5.64. The molecule has 1 atom stereocenters. The first-order valence-electron chi connectivity index (χ1n) is 6.96. The van der Waals surface area contributed by atoms with E-state index in [1.54, 1.807) is 16.6 Å². The zero-order chi connectivity index (χ0) is 14.9. The van der Waals surface area contributed by atoms with Gasteiger partial charge in [-0.1, -0.05) is 13.8 Å².